The number of nitrogens with zero attached hydrogens (tertiary/aromatic N) is 3. The van der Waals surface area contributed by atoms with Crippen LogP contribution in [0.2, 0.25) is 0 Å². The molecule has 7 heteroatoms. The molecule has 0 bridgehead atoms. The van der Waals surface area contributed by atoms with Crippen molar-refractivity contribution < 1.29 is 14.6 Å². The molecule has 0 aliphatic carbocycles. The molecule has 0 spiro atoms. The van der Waals surface area contributed by atoms with Crippen LogP contribution in [0.25, 0.3) is 0 Å². The van der Waals surface area contributed by atoms with Crippen molar-refractivity contribution in [3.8, 4) is 23.4 Å². The zero-order valence-corrected chi connectivity index (χ0v) is 16.8. The Morgan fingerprint density at radius 3 is 2.54 bits per heavy atom. The minimum Gasteiger partial charge on any atom is -0.494 e. The Labute approximate surface area is 164 Å². The first kappa shape index (κ1) is 21.0. The van der Waals surface area contributed by atoms with E-state index in [-0.39, 0.29) is 11.4 Å². The number of nitriles is 1. The first-order valence-electron chi connectivity index (χ1n) is 8.96. The third kappa shape index (κ3) is 4.34. The van der Waals surface area contributed by atoms with Gasteiger partial charge in [0.1, 0.15) is 11.6 Å². The van der Waals surface area contributed by atoms with Crippen molar-refractivity contribution in [2.45, 2.75) is 33.7 Å². The summed E-state index contributed by atoms with van der Waals surface area (Å²) in [5, 5.41) is 20.1. The van der Waals surface area contributed by atoms with Crippen LogP contribution in [0.1, 0.15) is 37.0 Å². The molecule has 2 rings (SSSR count). The Morgan fingerprint density at radius 1 is 1.29 bits per heavy atom. The lowest BCUT2D eigenvalue weighted by molar-refractivity contribution is 0.355. The number of aromatic nitrogens is 1. The number of aromatic hydroxyl groups is 1. The van der Waals surface area contributed by atoms with E-state index in [0.29, 0.717) is 47.2 Å². The summed E-state index contributed by atoms with van der Waals surface area (Å²) in [6.45, 7) is 6.01. The molecule has 148 valence electrons. The highest BCUT2D eigenvalue weighted by Crippen LogP contribution is 2.31. The van der Waals surface area contributed by atoms with Gasteiger partial charge in [0.15, 0.2) is 11.5 Å². The lowest BCUT2D eigenvalue weighted by Crippen LogP contribution is -2.26. The fourth-order valence-corrected chi connectivity index (χ4v) is 2.76. The molecule has 1 aromatic carbocycles. The molecule has 0 unspecified atom stereocenters. The van der Waals surface area contributed by atoms with E-state index in [0.717, 1.165) is 0 Å². The molecule has 0 amide bonds. The second-order valence-corrected chi connectivity index (χ2v) is 6.79. The summed E-state index contributed by atoms with van der Waals surface area (Å²) in [7, 11) is 3.08. The molecule has 0 saturated heterocycles. The Balaban J connectivity index is 2.53. The molecule has 0 aliphatic rings. The quantitative estimate of drug-likeness (QED) is 0.738. The van der Waals surface area contributed by atoms with E-state index in [4.69, 9.17) is 9.47 Å². The van der Waals surface area contributed by atoms with Gasteiger partial charge in [-0.05, 0) is 37.0 Å². The van der Waals surface area contributed by atoms with E-state index in [1.54, 1.807) is 32.2 Å². The fourth-order valence-electron chi connectivity index (χ4n) is 2.76. The van der Waals surface area contributed by atoms with Gasteiger partial charge in [-0.15, -0.1) is 0 Å². The number of methoxy groups -OCH3 is 2. The van der Waals surface area contributed by atoms with Crippen LogP contribution in [0.3, 0.4) is 0 Å². The number of aliphatic imine (C=N–C) groups is 1. The smallest absolute Gasteiger partial charge is 0.271 e. The largest absolute Gasteiger partial charge is 0.494 e. The predicted molar refractivity (Wildman–Crippen MR) is 108 cm³/mol. The number of ether oxygens (including phenoxy) is 2. The third-order valence-electron chi connectivity index (χ3n) is 4.49. The highest BCUT2D eigenvalue weighted by atomic mass is 16.5. The van der Waals surface area contributed by atoms with Gasteiger partial charge in [0.05, 0.1) is 25.5 Å². The summed E-state index contributed by atoms with van der Waals surface area (Å²) in [6, 6.07) is 7.11. The normalized spacial score (nSPS) is 11.0. The summed E-state index contributed by atoms with van der Waals surface area (Å²) in [4.78, 5) is 16.9. The van der Waals surface area contributed by atoms with Gasteiger partial charge in [-0.25, -0.2) is 0 Å². The summed E-state index contributed by atoms with van der Waals surface area (Å²) in [6.07, 6.45) is 2.16. The van der Waals surface area contributed by atoms with Crippen LogP contribution in [-0.4, -0.2) is 30.1 Å². The van der Waals surface area contributed by atoms with Gasteiger partial charge < -0.3 is 14.6 Å². The van der Waals surface area contributed by atoms with E-state index in [1.165, 1.54) is 17.9 Å². The van der Waals surface area contributed by atoms with Crippen LogP contribution in [0, 0.1) is 24.2 Å². The van der Waals surface area contributed by atoms with E-state index in [2.05, 4.69) is 4.99 Å². The standard InChI is InChI=1S/C21H25N3O4/c1-13(2)8-9-24-20(25)16(11-22)14(3)17(21(24)26)12-23-15-6-7-18(27-4)19(10-15)28-5/h6-7,10,12-13,26H,8-9H2,1-5H3. The second-order valence-electron chi connectivity index (χ2n) is 6.79. The summed E-state index contributed by atoms with van der Waals surface area (Å²) >= 11 is 0. The fraction of sp³-hybridized carbons (Fsp3) is 0.381. The Morgan fingerprint density at radius 2 is 1.96 bits per heavy atom. The van der Waals surface area contributed by atoms with Crippen molar-refractivity contribution in [3.05, 3.63) is 45.2 Å². The SMILES string of the molecule is COc1ccc(N=Cc2c(C)c(C#N)c(=O)n(CCC(C)C)c2O)cc1OC. The molecular formula is C21H25N3O4. The van der Waals surface area contributed by atoms with Crippen molar-refractivity contribution in [3.63, 3.8) is 0 Å². The lowest BCUT2D eigenvalue weighted by Gasteiger charge is -2.15. The molecule has 1 aromatic heterocycles. The predicted octanol–water partition coefficient (Wildman–Crippen LogP) is 3.55. The average molecular weight is 383 g/mol. The van der Waals surface area contributed by atoms with Crippen LogP contribution in [0.4, 0.5) is 5.69 Å². The molecule has 0 aliphatic heterocycles. The Kier molecular flexibility index (Phi) is 6.83. The number of rotatable bonds is 7. The van der Waals surface area contributed by atoms with Crippen molar-refractivity contribution >= 4 is 11.9 Å². The zero-order valence-electron chi connectivity index (χ0n) is 16.8. The van der Waals surface area contributed by atoms with Gasteiger partial charge in [-0.1, -0.05) is 13.8 Å². The molecule has 1 heterocycles. The Hall–Kier alpha value is -3.27. The molecule has 7 nitrogen and oxygen atoms in total. The van der Waals surface area contributed by atoms with E-state index >= 15 is 0 Å². The van der Waals surface area contributed by atoms with E-state index in [1.807, 2.05) is 19.9 Å². The summed E-state index contributed by atoms with van der Waals surface area (Å²) < 4.78 is 11.7. The van der Waals surface area contributed by atoms with Gasteiger partial charge >= 0.3 is 0 Å². The molecule has 0 saturated carbocycles. The van der Waals surface area contributed by atoms with Gasteiger partial charge in [-0.3, -0.25) is 14.4 Å². The van der Waals surface area contributed by atoms with Crippen LogP contribution in [-0.2, 0) is 6.54 Å². The summed E-state index contributed by atoms with van der Waals surface area (Å²) in [5.74, 6) is 1.26. The van der Waals surface area contributed by atoms with Gasteiger partial charge in [0.25, 0.3) is 5.56 Å². The maximum Gasteiger partial charge on any atom is 0.271 e. The Bertz CT molecular complexity index is 985. The first-order chi connectivity index (χ1) is 13.3. The maximum atomic E-state index is 12.5. The van der Waals surface area contributed by atoms with E-state index in [9.17, 15) is 15.2 Å². The second kappa shape index (κ2) is 9.09. The van der Waals surface area contributed by atoms with Gasteiger partial charge in [0.2, 0.25) is 5.88 Å². The van der Waals surface area contributed by atoms with Crippen molar-refractivity contribution in [2.24, 2.45) is 10.9 Å². The lowest BCUT2D eigenvalue weighted by atomic mass is 10.1. The molecular weight excluding hydrogens is 358 g/mol. The highest BCUT2D eigenvalue weighted by Gasteiger charge is 2.18. The minimum absolute atomic E-state index is 0.00955. The third-order valence-corrected chi connectivity index (χ3v) is 4.49. The van der Waals surface area contributed by atoms with Crippen LogP contribution >= 0.6 is 0 Å². The number of hydrogen-bond acceptors (Lipinski definition) is 6. The average Bonchev–Trinajstić information content (AvgIpc) is 2.67. The van der Waals surface area contributed by atoms with Crippen molar-refractivity contribution in [1.82, 2.24) is 4.57 Å². The topological polar surface area (TPSA) is 96.8 Å². The zero-order chi connectivity index (χ0) is 20.8. The molecule has 28 heavy (non-hydrogen) atoms. The molecule has 0 atom stereocenters. The monoisotopic (exact) mass is 383 g/mol. The molecule has 0 fully saturated rings. The molecule has 2 aromatic rings. The molecule has 1 N–H and O–H groups in total. The number of pyridine rings is 1. The van der Waals surface area contributed by atoms with Crippen LogP contribution in [0.5, 0.6) is 17.4 Å². The maximum absolute atomic E-state index is 12.5. The summed E-state index contributed by atoms with van der Waals surface area (Å²) in [5.41, 5.74) is 0.844. The van der Waals surface area contributed by atoms with E-state index < -0.39 is 5.56 Å². The number of hydrogen-bond donors (Lipinski definition) is 1. The first-order valence-corrected chi connectivity index (χ1v) is 8.96. The van der Waals surface area contributed by atoms with Crippen LogP contribution in [0.15, 0.2) is 28.0 Å². The van der Waals surface area contributed by atoms with Gasteiger partial charge in [0, 0.05) is 18.8 Å². The molecule has 0 radical (unpaired) electrons. The van der Waals surface area contributed by atoms with Gasteiger partial charge in [-0.2, -0.15) is 5.26 Å². The highest BCUT2D eigenvalue weighted by molar-refractivity contribution is 5.87. The minimum atomic E-state index is -0.485. The van der Waals surface area contributed by atoms with Crippen molar-refractivity contribution in [1.29, 1.82) is 5.26 Å². The van der Waals surface area contributed by atoms with Crippen LogP contribution < -0.4 is 15.0 Å². The number of benzene rings is 1. The van der Waals surface area contributed by atoms with Crippen molar-refractivity contribution in [2.75, 3.05) is 14.2 Å².